The fraction of sp³-hybridized carbons (Fsp3) is 0. The fourth-order valence-electron chi connectivity index (χ4n) is 1.73. The van der Waals surface area contributed by atoms with Crippen LogP contribution in [0.2, 0.25) is 5.02 Å². The van der Waals surface area contributed by atoms with Crippen molar-refractivity contribution < 1.29 is 4.92 Å². The molecule has 0 unspecified atom stereocenters. The Labute approximate surface area is 141 Å². The van der Waals surface area contributed by atoms with Crippen LogP contribution < -0.4 is 0 Å². The first-order chi connectivity index (χ1) is 11.0. The van der Waals surface area contributed by atoms with Crippen LogP contribution in [-0.4, -0.2) is 4.92 Å². The average molecular weight is 342 g/mol. The Balaban J connectivity index is 2.48. The summed E-state index contributed by atoms with van der Waals surface area (Å²) in [6.45, 7) is 0. The number of nitro benzene ring substituents is 1. The zero-order chi connectivity index (χ0) is 16.8. The number of hydrogen-bond acceptors (Lipinski definition) is 5. The van der Waals surface area contributed by atoms with Gasteiger partial charge in [-0.25, -0.2) is 0 Å². The van der Waals surface area contributed by atoms with Gasteiger partial charge < -0.3 is 0 Å². The van der Waals surface area contributed by atoms with E-state index >= 15 is 0 Å². The summed E-state index contributed by atoms with van der Waals surface area (Å²) in [4.78, 5) is 12.0. The van der Waals surface area contributed by atoms with Gasteiger partial charge in [-0.1, -0.05) is 23.4 Å². The van der Waals surface area contributed by atoms with E-state index < -0.39 is 4.92 Å². The van der Waals surface area contributed by atoms with Gasteiger partial charge in [0, 0.05) is 26.9 Å². The first-order valence-electron chi connectivity index (χ1n) is 6.27. The van der Waals surface area contributed by atoms with E-state index in [9.17, 15) is 10.1 Å². The van der Waals surface area contributed by atoms with Gasteiger partial charge in [0.05, 0.1) is 4.92 Å². The first-order valence-corrected chi connectivity index (χ1v) is 7.46. The highest BCUT2D eigenvalue weighted by Crippen LogP contribution is 2.34. The molecule has 0 amide bonds. The van der Waals surface area contributed by atoms with Gasteiger partial charge >= 0.3 is 0 Å². The normalized spacial score (nSPS) is 9.52. The van der Waals surface area contributed by atoms with Gasteiger partial charge in [0.15, 0.2) is 0 Å². The number of rotatable bonds is 4. The fourth-order valence-corrected chi connectivity index (χ4v) is 2.75. The lowest BCUT2D eigenvalue weighted by molar-refractivity contribution is -0.384. The molecule has 0 fully saturated rings. The number of nitro groups is 1. The number of halogens is 1. The molecule has 0 aliphatic rings. The van der Waals surface area contributed by atoms with E-state index in [1.807, 2.05) is 12.1 Å². The minimum atomic E-state index is -0.521. The second-order valence-corrected chi connectivity index (χ2v) is 5.87. The van der Waals surface area contributed by atoms with Crippen LogP contribution in [0.3, 0.4) is 0 Å². The Morgan fingerprint density at radius 1 is 1.17 bits per heavy atom. The molecule has 2 rings (SSSR count). The van der Waals surface area contributed by atoms with E-state index in [0.717, 1.165) is 4.90 Å². The van der Waals surface area contributed by atoms with Crippen molar-refractivity contribution in [2.24, 2.45) is 0 Å². The van der Waals surface area contributed by atoms with Gasteiger partial charge in [-0.15, -0.1) is 0 Å². The Bertz CT molecular complexity index is 848. The molecule has 0 atom stereocenters. The highest BCUT2D eigenvalue weighted by molar-refractivity contribution is 7.99. The maximum Gasteiger partial charge on any atom is 0.270 e. The molecule has 23 heavy (non-hydrogen) atoms. The lowest BCUT2D eigenvalue weighted by Gasteiger charge is -2.06. The minimum absolute atomic E-state index is 0.105. The summed E-state index contributed by atoms with van der Waals surface area (Å²) >= 11 is 7.20. The van der Waals surface area contributed by atoms with Crippen molar-refractivity contribution in [2.45, 2.75) is 9.79 Å². The maximum absolute atomic E-state index is 10.9. The van der Waals surface area contributed by atoms with Crippen LogP contribution in [0.4, 0.5) is 5.69 Å². The highest BCUT2D eigenvalue weighted by Gasteiger charge is 2.11. The van der Waals surface area contributed by atoms with Crippen molar-refractivity contribution in [3.05, 3.63) is 68.7 Å². The molecule has 0 aliphatic carbocycles. The van der Waals surface area contributed by atoms with Crippen LogP contribution in [0.25, 0.3) is 6.08 Å². The summed E-state index contributed by atoms with van der Waals surface area (Å²) in [7, 11) is 0. The second-order valence-electron chi connectivity index (χ2n) is 4.32. The number of nitriles is 2. The number of allylic oxidation sites excluding steroid dienone is 1. The van der Waals surface area contributed by atoms with E-state index in [-0.39, 0.29) is 11.3 Å². The Morgan fingerprint density at radius 3 is 2.39 bits per heavy atom. The Morgan fingerprint density at radius 2 is 1.83 bits per heavy atom. The molecule has 0 spiro atoms. The molecular weight excluding hydrogens is 334 g/mol. The zero-order valence-electron chi connectivity index (χ0n) is 11.6. The molecule has 2 aromatic carbocycles. The quantitative estimate of drug-likeness (QED) is 0.451. The third-order valence-corrected chi connectivity index (χ3v) is 4.14. The van der Waals surface area contributed by atoms with E-state index in [4.69, 9.17) is 22.1 Å². The first kappa shape index (κ1) is 16.6. The summed E-state index contributed by atoms with van der Waals surface area (Å²) in [5.74, 6) is 0. The maximum atomic E-state index is 10.9. The van der Waals surface area contributed by atoms with Crippen LogP contribution in [-0.2, 0) is 0 Å². The van der Waals surface area contributed by atoms with Gasteiger partial charge in [-0.3, -0.25) is 10.1 Å². The van der Waals surface area contributed by atoms with E-state index in [0.29, 0.717) is 15.5 Å². The number of benzene rings is 2. The van der Waals surface area contributed by atoms with E-state index in [1.54, 1.807) is 30.3 Å². The zero-order valence-corrected chi connectivity index (χ0v) is 13.1. The van der Waals surface area contributed by atoms with Gasteiger partial charge in [0.25, 0.3) is 5.69 Å². The summed E-state index contributed by atoms with van der Waals surface area (Å²) in [5, 5.41) is 29.3. The van der Waals surface area contributed by atoms with Crippen molar-refractivity contribution >= 4 is 35.1 Å². The summed E-state index contributed by atoms with van der Waals surface area (Å²) in [6, 6.07) is 14.9. The van der Waals surface area contributed by atoms with Gasteiger partial charge in [0.1, 0.15) is 17.7 Å². The van der Waals surface area contributed by atoms with Crippen LogP contribution in [0.1, 0.15) is 5.56 Å². The molecule has 0 aliphatic heterocycles. The molecule has 7 heteroatoms. The average Bonchev–Trinajstić information content (AvgIpc) is 2.55. The third-order valence-electron chi connectivity index (χ3n) is 2.79. The van der Waals surface area contributed by atoms with Crippen molar-refractivity contribution in [2.75, 3.05) is 0 Å². The highest BCUT2D eigenvalue weighted by atomic mass is 35.5. The van der Waals surface area contributed by atoms with Crippen LogP contribution in [0.15, 0.2) is 57.8 Å². The monoisotopic (exact) mass is 341 g/mol. The number of nitrogens with zero attached hydrogens (tertiary/aromatic N) is 3. The smallest absolute Gasteiger partial charge is 0.258 e. The predicted molar refractivity (Wildman–Crippen MR) is 87.9 cm³/mol. The topological polar surface area (TPSA) is 90.7 Å². The van der Waals surface area contributed by atoms with Crippen molar-refractivity contribution in [3.8, 4) is 12.1 Å². The molecule has 0 saturated carbocycles. The lowest BCUT2D eigenvalue weighted by Crippen LogP contribution is -1.90. The summed E-state index contributed by atoms with van der Waals surface area (Å²) in [6.07, 6.45) is 1.34. The van der Waals surface area contributed by atoms with Crippen molar-refractivity contribution in [1.82, 2.24) is 0 Å². The van der Waals surface area contributed by atoms with Crippen molar-refractivity contribution in [3.63, 3.8) is 0 Å². The molecule has 112 valence electrons. The molecule has 0 bridgehead atoms. The molecule has 0 aromatic heterocycles. The molecule has 0 saturated heterocycles. The van der Waals surface area contributed by atoms with Gasteiger partial charge in [-0.2, -0.15) is 10.5 Å². The Kier molecular flexibility index (Phi) is 5.37. The Hall–Kier alpha value is -2.80. The number of non-ortho nitro benzene ring substituents is 1. The van der Waals surface area contributed by atoms with Crippen LogP contribution >= 0.6 is 23.4 Å². The molecule has 0 N–H and O–H groups in total. The SMILES string of the molecule is N#CC(C#N)=Cc1cc([N+](=O)[O-])ccc1Sc1ccc(Cl)cc1. The molecule has 0 heterocycles. The molecular formula is C16H8ClN3O2S. The van der Waals surface area contributed by atoms with Crippen LogP contribution in [0.5, 0.6) is 0 Å². The van der Waals surface area contributed by atoms with Crippen LogP contribution in [0, 0.1) is 32.8 Å². The molecule has 0 radical (unpaired) electrons. The minimum Gasteiger partial charge on any atom is -0.258 e. The van der Waals surface area contributed by atoms with Gasteiger partial charge in [0.2, 0.25) is 0 Å². The van der Waals surface area contributed by atoms with E-state index in [1.165, 1.54) is 30.0 Å². The summed E-state index contributed by atoms with van der Waals surface area (Å²) in [5.41, 5.74) is 0.215. The second kappa shape index (κ2) is 7.46. The number of hydrogen-bond donors (Lipinski definition) is 0. The van der Waals surface area contributed by atoms with E-state index in [2.05, 4.69) is 0 Å². The molecule has 2 aromatic rings. The van der Waals surface area contributed by atoms with Gasteiger partial charge in [-0.05, 0) is 42.0 Å². The summed E-state index contributed by atoms with van der Waals surface area (Å²) < 4.78 is 0. The predicted octanol–water partition coefficient (Wildman–Crippen LogP) is 4.83. The lowest BCUT2D eigenvalue weighted by atomic mass is 10.1. The largest absolute Gasteiger partial charge is 0.270 e. The third kappa shape index (κ3) is 4.33. The van der Waals surface area contributed by atoms with Crippen molar-refractivity contribution in [1.29, 1.82) is 10.5 Å². The standard InChI is InChI=1S/C16H8ClN3O2S/c17-13-1-4-15(5-2-13)23-16-6-3-14(20(21)22)8-12(16)7-11(9-18)10-19/h1-8H. The molecule has 5 nitrogen and oxygen atoms in total.